The molecule has 0 aromatic heterocycles. The molecule has 1 atom stereocenters. The Bertz CT molecular complexity index is 872. The summed E-state index contributed by atoms with van der Waals surface area (Å²) in [6, 6.07) is 15.6. The van der Waals surface area contributed by atoms with Crippen molar-refractivity contribution in [1.29, 1.82) is 0 Å². The van der Waals surface area contributed by atoms with Crippen LogP contribution >= 0.6 is 0 Å². The molecule has 1 saturated heterocycles. The second-order valence-corrected chi connectivity index (χ2v) is 8.12. The summed E-state index contributed by atoms with van der Waals surface area (Å²) in [5.41, 5.74) is 3.95. The van der Waals surface area contributed by atoms with Crippen LogP contribution in [0.25, 0.3) is 0 Å². The van der Waals surface area contributed by atoms with Crippen molar-refractivity contribution in [3.05, 3.63) is 70.8 Å². The number of carbonyl (C=O) groups excluding carboxylic acids is 2. The van der Waals surface area contributed by atoms with Crippen LogP contribution in [0.1, 0.15) is 52.4 Å². The van der Waals surface area contributed by atoms with Crippen molar-refractivity contribution in [2.24, 2.45) is 0 Å². The molecule has 2 aromatic rings. The van der Waals surface area contributed by atoms with Gasteiger partial charge in [0.1, 0.15) is 0 Å². The maximum Gasteiger partial charge on any atom is 0.255 e. The summed E-state index contributed by atoms with van der Waals surface area (Å²) < 4.78 is 0. The predicted molar refractivity (Wildman–Crippen MR) is 114 cm³/mol. The van der Waals surface area contributed by atoms with E-state index in [2.05, 4.69) is 10.2 Å². The highest BCUT2D eigenvalue weighted by molar-refractivity contribution is 5.98. The van der Waals surface area contributed by atoms with Crippen molar-refractivity contribution in [2.45, 2.75) is 38.8 Å². The molecule has 2 amide bonds. The fourth-order valence-corrected chi connectivity index (χ4v) is 4.33. The topological polar surface area (TPSA) is 52.7 Å². The number of hydrogen-bond donors (Lipinski definition) is 1. The molecule has 0 aliphatic carbocycles. The van der Waals surface area contributed by atoms with Crippen LogP contribution in [0.15, 0.2) is 48.5 Å². The zero-order valence-electron chi connectivity index (χ0n) is 17.1. The van der Waals surface area contributed by atoms with Gasteiger partial charge in [-0.1, -0.05) is 48.0 Å². The zero-order chi connectivity index (χ0) is 20.2. The second-order valence-electron chi connectivity index (χ2n) is 8.12. The van der Waals surface area contributed by atoms with Crippen molar-refractivity contribution in [1.82, 2.24) is 15.1 Å². The summed E-state index contributed by atoms with van der Waals surface area (Å²) in [5.74, 6) is 0.00886. The third-order valence-corrected chi connectivity index (χ3v) is 6.02. The summed E-state index contributed by atoms with van der Waals surface area (Å²) in [6.45, 7) is 6.41. The van der Waals surface area contributed by atoms with Crippen molar-refractivity contribution >= 4 is 11.8 Å². The van der Waals surface area contributed by atoms with Crippen LogP contribution in [0.2, 0.25) is 0 Å². The van der Waals surface area contributed by atoms with E-state index < -0.39 is 0 Å². The molecule has 0 saturated carbocycles. The Morgan fingerprint density at radius 2 is 1.79 bits per heavy atom. The molecule has 2 aliphatic rings. The second kappa shape index (κ2) is 8.78. The van der Waals surface area contributed by atoms with Gasteiger partial charge in [0, 0.05) is 25.2 Å². The molecule has 5 nitrogen and oxygen atoms in total. The number of amides is 2. The molecule has 2 heterocycles. The Hall–Kier alpha value is -2.66. The lowest BCUT2D eigenvalue weighted by Gasteiger charge is -2.28. The van der Waals surface area contributed by atoms with E-state index in [1.54, 1.807) is 0 Å². The lowest BCUT2D eigenvalue weighted by Crippen LogP contribution is -2.37. The Kier molecular flexibility index (Phi) is 5.95. The van der Waals surface area contributed by atoms with Crippen LogP contribution in [-0.2, 0) is 11.3 Å². The summed E-state index contributed by atoms with van der Waals surface area (Å²) >= 11 is 0. The highest BCUT2D eigenvalue weighted by Gasteiger charge is 2.34. The van der Waals surface area contributed by atoms with Crippen LogP contribution in [0.4, 0.5) is 0 Å². The predicted octanol–water partition coefficient (Wildman–Crippen LogP) is 3.29. The van der Waals surface area contributed by atoms with Crippen LogP contribution in [0, 0.1) is 6.92 Å². The molecule has 1 fully saturated rings. The highest BCUT2D eigenvalue weighted by Crippen LogP contribution is 2.33. The van der Waals surface area contributed by atoms with Crippen molar-refractivity contribution in [3.63, 3.8) is 0 Å². The monoisotopic (exact) mass is 391 g/mol. The Morgan fingerprint density at radius 3 is 2.52 bits per heavy atom. The van der Waals surface area contributed by atoms with E-state index in [9.17, 15) is 9.59 Å². The maximum atomic E-state index is 13.0. The molecule has 0 bridgehead atoms. The average molecular weight is 392 g/mol. The van der Waals surface area contributed by atoms with Crippen molar-refractivity contribution < 1.29 is 9.59 Å². The largest absolute Gasteiger partial charge is 0.355 e. The van der Waals surface area contributed by atoms with Gasteiger partial charge in [-0.2, -0.15) is 0 Å². The first kappa shape index (κ1) is 19.6. The van der Waals surface area contributed by atoms with Gasteiger partial charge in [0.25, 0.3) is 5.91 Å². The number of nitrogens with one attached hydrogen (secondary N) is 1. The fourth-order valence-electron chi connectivity index (χ4n) is 4.33. The number of hydrogen-bond acceptors (Lipinski definition) is 3. The van der Waals surface area contributed by atoms with Crippen molar-refractivity contribution in [2.75, 3.05) is 26.2 Å². The molecule has 1 N–H and O–H groups in total. The number of fused-ring (bicyclic) bond motifs is 1. The lowest BCUT2D eigenvalue weighted by atomic mass is 10.0. The van der Waals surface area contributed by atoms with Gasteiger partial charge in [-0.3, -0.25) is 9.59 Å². The SMILES string of the molecule is Cc1ccc([C@@H](CC(=O)NCCN2CCCC2)N2Cc3ccccc3C2=O)cc1. The van der Waals surface area contributed by atoms with Gasteiger partial charge in [0.15, 0.2) is 0 Å². The Balaban J connectivity index is 1.46. The highest BCUT2D eigenvalue weighted by atomic mass is 16.2. The minimum atomic E-state index is -0.262. The summed E-state index contributed by atoms with van der Waals surface area (Å²) in [5, 5.41) is 3.06. The number of nitrogens with zero attached hydrogens (tertiary/aromatic N) is 2. The van der Waals surface area contributed by atoms with E-state index in [4.69, 9.17) is 0 Å². The van der Waals surface area contributed by atoms with E-state index in [1.165, 1.54) is 18.4 Å². The molecular formula is C24H29N3O2. The smallest absolute Gasteiger partial charge is 0.255 e. The summed E-state index contributed by atoms with van der Waals surface area (Å²) in [6.07, 6.45) is 2.78. The van der Waals surface area contributed by atoms with Crippen LogP contribution in [0.3, 0.4) is 0 Å². The zero-order valence-corrected chi connectivity index (χ0v) is 17.1. The van der Waals surface area contributed by atoms with Crippen LogP contribution in [0.5, 0.6) is 0 Å². The maximum absolute atomic E-state index is 13.0. The van der Waals surface area contributed by atoms with Crippen molar-refractivity contribution in [3.8, 4) is 0 Å². The molecule has 0 radical (unpaired) electrons. The lowest BCUT2D eigenvalue weighted by molar-refractivity contribution is -0.122. The standard InChI is InChI=1S/C24H29N3O2/c1-18-8-10-19(11-9-18)22(16-23(28)25-12-15-26-13-4-5-14-26)27-17-20-6-2-3-7-21(20)24(27)29/h2-3,6-11,22H,4-5,12-17H2,1H3,(H,25,28)/t22-/m1/s1. The number of benzene rings is 2. The molecule has 0 spiro atoms. The van der Waals surface area contributed by atoms with E-state index in [0.717, 1.165) is 36.3 Å². The number of rotatable bonds is 7. The van der Waals surface area contributed by atoms with E-state index >= 15 is 0 Å². The number of carbonyl (C=O) groups is 2. The van der Waals surface area contributed by atoms with Gasteiger partial charge in [-0.15, -0.1) is 0 Å². The van der Waals surface area contributed by atoms with Gasteiger partial charge in [-0.05, 0) is 50.0 Å². The first-order chi connectivity index (χ1) is 14.1. The Morgan fingerprint density at radius 1 is 1.07 bits per heavy atom. The van der Waals surface area contributed by atoms with E-state index in [1.807, 2.05) is 60.4 Å². The molecule has 29 heavy (non-hydrogen) atoms. The first-order valence-corrected chi connectivity index (χ1v) is 10.6. The minimum absolute atomic E-state index is 0.00136. The molecule has 4 rings (SSSR count). The van der Waals surface area contributed by atoms with E-state index in [0.29, 0.717) is 13.1 Å². The van der Waals surface area contributed by atoms with Crippen LogP contribution in [-0.4, -0.2) is 47.8 Å². The Labute approximate surface area is 172 Å². The molecule has 152 valence electrons. The number of likely N-dealkylation sites (tertiary alicyclic amines) is 1. The quantitative estimate of drug-likeness (QED) is 0.788. The minimum Gasteiger partial charge on any atom is -0.355 e. The average Bonchev–Trinajstić information content (AvgIpc) is 3.35. The molecular weight excluding hydrogens is 362 g/mol. The van der Waals surface area contributed by atoms with E-state index in [-0.39, 0.29) is 24.3 Å². The first-order valence-electron chi connectivity index (χ1n) is 10.6. The van der Waals surface area contributed by atoms with Gasteiger partial charge < -0.3 is 15.1 Å². The van der Waals surface area contributed by atoms with Gasteiger partial charge in [-0.25, -0.2) is 0 Å². The van der Waals surface area contributed by atoms with Gasteiger partial charge in [0.05, 0.1) is 12.5 Å². The summed E-state index contributed by atoms with van der Waals surface area (Å²) in [7, 11) is 0. The molecule has 5 heteroatoms. The van der Waals surface area contributed by atoms with Gasteiger partial charge in [0.2, 0.25) is 5.91 Å². The fraction of sp³-hybridized carbons (Fsp3) is 0.417. The molecule has 2 aliphatic heterocycles. The van der Waals surface area contributed by atoms with Crippen LogP contribution < -0.4 is 5.32 Å². The third-order valence-electron chi connectivity index (χ3n) is 6.02. The number of aryl methyl sites for hydroxylation is 1. The van der Waals surface area contributed by atoms with Gasteiger partial charge >= 0.3 is 0 Å². The molecule has 2 aromatic carbocycles. The summed E-state index contributed by atoms with van der Waals surface area (Å²) in [4.78, 5) is 30.0. The normalized spacial score (nSPS) is 17.4. The molecule has 0 unspecified atom stereocenters. The third kappa shape index (κ3) is 4.51.